The van der Waals surface area contributed by atoms with Crippen LogP contribution in [0.15, 0.2) is 54.6 Å². The van der Waals surface area contributed by atoms with Crippen molar-refractivity contribution >= 4 is 40.7 Å². The van der Waals surface area contributed by atoms with Crippen molar-refractivity contribution in [2.75, 3.05) is 17.7 Å². The molecule has 2 N–H and O–H groups in total. The zero-order valence-electron chi connectivity index (χ0n) is 15.2. The van der Waals surface area contributed by atoms with Crippen LogP contribution in [0, 0.1) is 6.92 Å². The molecule has 142 valence electrons. The number of anilines is 3. The molecule has 0 spiro atoms. The third-order valence-corrected chi connectivity index (χ3v) is 4.42. The summed E-state index contributed by atoms with van der Waals surface area (Å²) in [5.74, 6) is -0.491. The van der Waals surface area contributed by atoms with Gasteiger partial charge in [-0.05, 0) is 48.9 Å². The van der Waals surface area contributed by atoms with Gasteiger partial charge in [-0.15, -0.1) is 10.2 Å². The van der Waals surface area contributed by atoms with E-state index in [4.69, 9.17) is 16.3 Å². The van der Waals surface area contributed by atoms with Crippen LogP contribution in [-0.2, 0) is 4.74 Å². The highest BCUT2D eigenvalue weighted by molar-refractivity contribution is 6.31. The zero-order chi connectivity index (χ0) is 20.1. The first-order chi connectivity index (χ1) is 13.5. The van der Waals surface area contributed by atoms with Gasteiger partial charge in [-0.3, -0.25) is 4.79 Å². The molecule has 1 amide bonds. The molecule has 0 unspecified atom stereocenters. The molecular formula is C20H17ClN4O3. The number of nitrogens with one attached hydrogen (secondary N) is 2. The second kappa shape index (κ2) is 8.49. The minimum absolute atomic E-state index is 0.145. The van der Waals surface area contributed by atoms with Crippen molar-refractivity contribution in [3.05, 3.63) is 76.4 Å². The molecule has 0 fully saturated rings. The Kier molecular flexibility index (Phi) is 5.86. The van der Waals surface area contributed by atoms with Crippen molar-refractivity contribution in [3.8, 4) is 0 Å². The fourth-order valence-corrected chi connectivity index (χ4v) is 2.64. The minimum Gasteiger partial charge on any atom is -0.465 e. The number of para-hydroxylation sites is 1. The SMILES string of the molecule is COC(=O)c1ccccc1Nc1ccc(C(=O)Nc2cccc(Cl)c2C)nn1. The summed E-state index contributed by atoms with van der Waals surface area (Å²) in [5.41, 5.74) is 2.41. The van der Waals surface area contributed by atoms with Crippen LogP contribution in [0.4, 0.5) is 17.2 Å². The number of esters is 1. The van der Waals surface area contributed by atoms with Crippen molar-refractivity contribution in [3.63, 3.8) is 0 Å². The average Bonchev–Trinajstić information content (AvgIpc) is 2.71. The van der Waals surface area contributed by atoms with Gasteiger partial charge in [0.1, 0.15) is 0 Å². The van der Waals surface area contributed by atoms with E-state index in [1.165, 1.54) is 13.2 Å². The van der Waals surface area contributed by atoms with Gasteiger partial charge in [0.05, 0.1) is 18.4 Å². The van der Waals surface area contributed by atoms with Gasteiger partial charge in [-0.2, -0.15) is 0 Å². The molecule has 3 aromatic rings. The lowest BCUT2D eigenvalue weighted by Crippen LogP contribution is -2.15. The van der Waals surface area contributed by atoms with E-state index in [1.54, 1.807) is 48.5 Å². The molecule has 2 aromatic carbocycles. The highest BCUT2D eigenvalue weighted by atomic mass is 35.5. The third kappa shape index (κ3) is 4.27. The topological polar surface area (TPSA) is 93.2 Å². The van der Waals surface area contributed by atoms with Crippen molar-refractivity contribution in [1.29, 1.82) is 0 Å². The number of hydrogen-bond donors (Lipinski definition) is 2. The molecule has 28 heavy (non-hydrogen) atoms. The van der Waals surface area contributed by atoms with Crippen LogP contribution in [0.3, 0.4) is 0 Å². The first-order valence-electron chi connectivity index (χ1n) is 8.34. The van der Waals surface area contributed by atoms with Crippen molar-refractivity contribution < 1.29 is 14.3 Å². The van der Waals surface area contributed by atoms with Gasteiger partial charge in [0.25, 0.3) is 5.91 Å². The van der Waals surface area contributed by atoms with E-state index in [-0.39, 0.29) is 5.69 Å². The molecule has 1 heterocycles. The summed E-state index contributed by atoms with van der Waals surface area (Å²) in [6, 6.07) is 15.2. The van der Waals surface area contributed by atoms with Crippen LogP contribution >= 0.6 is 11.6 Å². The quantitative estimate of drug-likeness (QED) is 0.627. The van der Waals surface area contributed by atoms with E-state index >= 15 is 0 Å². The Morgan fingerprint density at radius 2 is 1.71 bits per heavy atom. The number of hydrogen-bond acceptors (Lipinski definition) is 6. The molecular weight excluding hydrogens is 380 g/mol. The molecule has 3 rings (SSSR count). The van der Waals surface area contributed by atoms with Gasteiger partial charge in [0, 0.05) is 10.7 Å². The fourth-order valence-electron chi connectivity index (χ4n) is 2.47. The molecule has 8 heteroatoms. The lowest BCUT2D eigenvalue weighted by molar-refractivity contribution is 0.0601. The number of carbonyl (C=O) groups is 2. The van der Waals surface area contributed by atoms with Gasteiger partial charge < -0.3 is 15.4 Å². The van der Waals surface area contributed by atoms with E-state index in [0.717, 1.165) is 5.56 Å². The Morgan fingerprint density at radius 3 is 2.43 bits per heavy atom. The lowest BCUT2D eigenvalue weighted by Gasteiger charge is -2.10. The Labute approximate surface area is 166 Å². The van der Waals surface area contributed by atoms with Gasteiger partial charge in [0.2, 0.25) is 0 Å². The van der Waals surface area contributed by atoms with Crippen molar-refractivity contribution in [2.24, 2.45) is 0 Å². The molecule has 0 bridgehead atoms. The van der Waals surface area contributed by atoms with Gasteiger partial charge in [-0.25, -0.2) is 4.79 Å². The monoisotopic (exact) mass is 396 g/mol. The molecule has 0 saturated carbocycles. The molecule has 0 saturated heterocycles. The molecule has 0 radical (unpaired) electrons. The summed E-state index contributed by atoms with van der Waals surface area (Å²) in [6.45, 7) is 1.81. The van der Waals surface area contributed by atoms with Gasteiger partial charge in [0.15, 0.2) is 11.5 Å². The summed E-state index contributed by atoms with van der Waals surface area (Å²) in [7, 11) is 1.31. The summed E-state index contributed by atoms with van der Waals surface area (Å²) < 4.78 is 4.76. The molecule has 1 aromatic heterocycles. The van der Waals surface area contributed by atoms with E-state index in [2.05, 4.69) is 20.8 Å². The summed E-state index contributed by atoms with van der Waals surface area (Å²) >= 11 is 6.07. The summed E-state index contributed by atoms with van der Waals surface area (Å²) in [4.78, 5) is 24.2. The minimum atomic E-state index is -0.469. The number of aromatic nitrogens is 2. The Balaban J connectivity index is 1.74. The number of amides is 1. The van der Waals surface area contributed by atoms with E-state index in [0.29, 0.717) is 27.8 Å². The molecule has 0 aliphatic rings. The predicted octanol–water partition coefficient (Wildman–Crippen LogP) is 4.22. The fraction of sp³-hybridized carbons (Fsp3) is 0.100. The lowest BCUT2D eigenvalue weighted by atomic mass is 10.2. The number of benzene rings is 2. The number of methoxy groups -OCH3 is 1. The second-order valence-corrected chi connectivity index (χ2v) is 6.24. The van der Waals surface area contributed by atoms with Crippen LogP contribution in [0.25, 0.3) is 0 Å². The first-order valence-corrected chi connectivity index (χ1v) is 8.72. The Morgan fingerprint density at radius 1 is 0.964 bits per heavy atom. The summed E-state index contributed by atoms with van der Waals surface area (Å²) in [5, 5.41) is 14.3. The van der Waals surface area contributed by atoms with E-state index in [1.807, 2.05) is 6.92 Å². The summed E-state index contributed by atoms with van der Waals surface area (Å²) in [6.07, 6.45) is 0. The van der Waals surface area contributed by atoms with Gasteiger partial charge in [-0.1, -0.05) is 29.8 Å². The maximum absolute atomic E-state index is 12.4. The molecule has 7 nitrogen and oxygen atoms in total. The van der Waals surface area contributed by atoms with Crippen molar-refractivity contribution in [1.82, 2.24) is 10.2 Å². The Hall–Kier alpha value is -3.45. The molecule has 0 aliphatic carbocycles. The van der Waals surface area contributed by atoms with E-state index in [9.17, 15) is 9.59 Å². The highest BCUT2D eigenvalue weighted by Gasteiger charge is 2.13. The van der Waals surface area contributed by atoms with Gasteiger partial charge >= 0.3 is 5.97 Å². The van der Waals surface area contributed by atoms with Crippen LogP contribution in [0.5, 0.6) is 0 Å². The second-order valence-electron chi connectivity index (χ2n) is 5.83. The highest BCUT2D eigenvalue weighted by Crippen LogP contribution is 2.23. The number of ether oxygens (including phenoxy) is 1. The molecule has 0 atom stereocenters. The Bertz CT molecular complexity index is 1020. The number of nitrogens with zero attached hydrogens (tertiary/aromatic N) is 2. The third-order valence-electron chi connectivity index (χ3n) is 4.01. The maximum Gasteiger partial charge on any atom is 0.339 e. The zero-order valence-corrected chi connectivity index (χ0v) is 15.9. The largest absolute Gasteiger partial charge is 0.465 e. The first kappa shape index (κ1) is 19.3. The van der Waals surface area contributed by atoms with Crippen LogP contribution in [0.2, 0.25) is 5.02 Å². The number of halogens is 1. The maximum atomic E-state index is 12.4. The number of carbonyl (C=O) groups excluding carboxylic acids is 2. The van der Waals surface area contributed by atoms with Crippen LogP contribution in [-0.4, -0.2) is 29.2 Å². The smallest absolute Gasteiger partial charge is 0.339 e. The predicted molar refractivity (Wildman–Crippen MR) is 107 cm³/mol. The number of rotatable bonds is 5. The normalized spacial score (nSPS) is 10.2. The van der Waals surface area contributed by atoms with Crippen molar-refractivity contribution in [2.45, 2.75) is 6.92 Å². The standard InChI is InChI=1S/C20H17ClN4O3/c1-12-14(21)7-5-9-15(12)23-19(26)17-10-11-18(25-24-17)22-16-8-4-3-6-13(16)20(27)28-2/h3-11H,1-2H3,(H,22,25)(H,23,26). The average molecular weight is 397 g/mol. The van der Waals surface area contributed by atoms with Crippen LogP contribution in [0.1, 0.15) is 26.4 Å². The van der Waals surface area contributed by atoms with E-state index < -0.39 is 11.9 Å². The van der Waals surface area contributed by atoms with Crippen LogP contribution < -0.4 is 10.6 Å². The molecule has 0 aliphatic heterocycles.